The number of carbonyl (C=O) groups is 2. The molecule has 0 bridgehead atoms. The van der Waals surface area contributed by atoms with Gasteiger partial charge in [0.05, 0.1) is 6.10 Å². The molecular formula is C20H30N2O5S. The summed E-state index contributed by atoms with van der Waals surface area (Å²) < 4.78 is 5.41. The molecule has 1 aromatic carbocycles. The first-order chi connectivity index (χ1) is 13.1. The van der Waals surface area contributed by atoms with Crippen molar-refractivity contribution in [2.75, 3.05) is 36.8 Å². The van der Waals surface area contributed by atoms with E-state index in [-0.39, 0.29) is 17.0 Å². The molecule has 0 aromatic heterocycles. The third-order valence-electron chi connectivity index (χ3n) is 4.35. The van der Waals surface area contributed by atoms with E-state index in [1.54, 1.807) is 17.0 Å². The average molecular weight is 411 g/mol. The minimum Gasteiger partial charge on any atom is -0.444 e. The van der Waals surface area contributed by atoms with E-state index in [0.29, 0.717) is 31.7 Å². The molecule has 28 heavy (non-hydrogen) atoms. The van der Waals surface area contributed by atoms with Crippen molar-refractivity contribution in [1.82, 2.24) is 4.90 Å². The van der Waals surface area contributed by atoms with Crippen molar-refractivity contribution in [2.24, 2.45) is 0 Å². The molecule has 8 heteroatoms. The Morgan fingerprint density at radius 1 is 1.11 bits per heavy atom. The van der Waals surface area contributed by atoms with Crippen molar-refractivity contribution in [2.45, 2.75) is 45.5 Å². The van der Waals surface area contributed by atoms with E-state index >= 15 is 0 Å². The molecule has 7 nitrogen and oxygen atoms in total. The number of piperazine rings is 1. The molecule has 1 aliphatic rings. The lowest BCUT2D eigenvalue weighted by Gasteiger charge is -2.36. The van der Waals surface area contributed by atoms with Gasteiger partial charge in [-0.15, -0.1) is 0 Å². The Hall–Kier alpha value is -1.77. The number of benzene rings is 1. The van der Waals surface area contributed by atoms with Crippen LogP contribution in [0.3, 0.4) is 0 Å². The average Bonchev–Trinajstić information content (AvgIpc) is 2.64. The van der Waals surface area contributed by atoms with Crippen LogP contribution in [0.15, 0.2) is 24.3 Å². The molecule has 1 fully saturated rings. The van der Waals surface area contributed by atoms with Crippen molar-refractivity contribution in [1.29, 1.82) is 0 Å². The standard InChI is InChI=1S/C20H30N2O5S/c1-14(23)28-13-17(24)18(25)15-5-7-16(8-6-15)21-9-11-22(12-10-21)19(26)27-20(2,3)4/h5-8,17-18,24-25H,9-13H2,1-4H3. The monoisotopic (exact) mass is 410 g/mol. The maximum absolute atomic E-state index is 12.1. The molecule has 0 saturated carbocycles. The van der Waals surface area contributed by atoms with Gasteiger partial charge in [-0.2, -0.15) is 0 Å². The van der Waals surface area contributed by atoms with Crippen LogP contribution in [-0.2, 0) is 9.53 Å². The number of aliphatic hydroxyl groups is 2. The summed E-state index contributed by atoms with van der Waals surface area (Å²) in [5, 5.41) is 20.2. The van der Waals surface area contributed by atoms with E-state index in [1.807, 2.05) is 32.9 Å². The van der Waals surface area contributed by atoms with Crippen LogP contribution >= 0.6 is 11.8 Å². The minimum atomic E-state index is -1.04. The van der Waals surface area contributed by atoms with Gasteiger partial charge in [-0.25, -0.2) is 4.79 Å². The zero-order valence-electron chi connectivity index (χ0n) is 16.9. The molecule has 0 radical (unpaired) electrons. The number of carbonyl (C=O) groups excluding carboxylic acids is 2. The predicted molar refractivity (Wildman–Crippen MR) is 111 cm³/mol. The van der Waals surface area contributed by atoms with Crippen molar-refractivity contribution in [3.63, 3.8) is 0 Å². The second kappa shape index (κ2) is 9.62. The summed E-state index contributed by atoms with van der Waals surface area (Å²) in [7, 11) is 0. The van der Waals surface area contributed by atoms with Gasteiger partial charge in [-0.05, 0) is 38.5 Å². The fraction of sp³-hybridized carbons (Fsp3) is 0.600. The number of rotatable bonds is 5. The molecule has 1 aliphatic heterocycles. The molecule has 156 valence electrons. The van der Waals surface area contributed by atoms with Gasteiger partial charge in [0.25, 0.3) is 0 Å². The first-order valence-electron chi connectivity index (χ1n) is 9.39. The van der Waals surface area contributed by atoms with E-state index in [4.69, 9.17) is 4.74 Å². The van der Waals surface area contributed by atoms with Crippen LogP contribution in [0.25, 0.3) is 0 Å². The van der Waals surface area contributed by atoms with Crippen molar-refractivity contribution < 1.29 is 24.5 Å². The Morgan fingerprint density at radius 2 is 1.68 bits per heavy atom. The maximum Gasteiger partial charge on any atom is 0.410 e. The van der Waals surface area contributed by atoms with Gasteiger partial charge in [0, 0.05) is 44.5 Å². The molecule has 2 rings (SSSR count). The number of hydrogen-bond donors (Lipinski definition) is 2. The van der Waals surface area contributed by atoms with Gasteiger partial charge in [-0.3, -0.25) is 4.79 Å². The van der Waals surface area contributed by atoms with Gasteiger partial charge >= 0.3 is 6.09 Å². The summed E-state index contributed by atoms with van der Waals surface area (Å²) in [6, 6.07) is 7.35. The van der Waals surface area contributed by atoms with Crippen LogP contribution in [-0.4, -0.2) is 70.0 Å². The molecule has 2 N–H and O–H groups in total. The Labute approximate surface area is 170 Å². The van der Waals surface area contributed by atoms with Gasteiger partial charge in [-0.1, -0.05) is 23.9 Å². The molecular weight excluding hydrogens is 380 g/mol. The number of ether oxygens (including phenoxy) is 1. The Kier molecular flexibility index (Phi) is 7.74. The van der Waals surface area contributed by atoms with Gasteiger partial charge in [0.1, 0.15) is 11.7 Å². The lowest BCUT2D eigenvalue weighted by Crippen LogP contribution is -2.50. The molecule has 2 unspecified atom stereocenters. The molecule has 0 aliphatic carbocycles. The molecule has 1 saturated heterocycles. The fourth-order valence-electron chi connectivity index (χ4n) is 2.87. The van der Waals surface area contributed by atoms with E-state index < -0.39 is 17.8 Å². The van der Waals surface area contributed by atoms with Crippen molar-refractivity contribution >= 4 is 28.7 Å². The SMILES string of the molecule is CC(=O)SCC(O)C(O)c1ccc(N2CCN(C(=O)OC(C)(C)C)CC2)cc1. The normalized spacial score (nSPS) is 17.2. The number of anilines is 1. The van der Waals surface area contributed by atoms with Crippen LogP contribution in [0.5, 0.6) is 0 Å². The molecule has 1 heterocycles. The van der Waals surface area contributed by atoms with Gasteiger partial charge in [0.15, 0.2) is 5.12 Å². The van der Waals surface area contributed by atoms with E-state index in [9.17, 15) is 19.8 Å². The summed E-state index contributed by atoms with van der Waals surface area (Å²) >= 11 is 0.994. The highest BCUT2D eigenvalue weighted by Crippen LogP contribution is 2.24. The number of nitrogens with zero attached hydrogens (tertiary/aromatic N) is 2. The fourth-order valence-corrected chi connectivity index (χ4v) is 3.46. The Balaban J connectivity index is 1.89. The highest BCUT2D eigenvalue weighted by Gasteiger charge is 2.26. The van der Waals surface area contributed by atoms with Gasteiger partial charge in [0.2, 0.25) is 0 Å². The first kappa shape index (κ1) is 22.5. The van der Waals surface area contributed by atoms with Crippen molar-refractivity contribution in [3.05, 3.63) is 29.8 Å². The molecule has 1 aromatic rings. The third kappa shape index (κ3) is 6.68. The number of aliphatic hydroxyl groups excluding tert-OH is 2. The Bertz CT molecular complexity index is 666. The van der Waals surface area contributed by atoms with Crippen LogP contribution in [0.1, 0.15) is 39.4 Å². The van der Waals surface area contributed by atoms with Crippen molar-refractivity contribution in [3.8, 4) is 0 Å². The largest absolute Gasteiger partial charge is 0.444 e. The number of amides is 1. The van der Waals surface area contributed by atoms with E-state index in [0.717, 1.165) is 17.4 Å². The van der Waals surface area contributed by atoms with E-state index in [2.05, 4.69) is 4.90 Å². The van der Waals surface area contributed by atoms with E-state index in [1.165, 1.54) is 6.92 Å². The smallest absolute Gasteiger partial charge is 0.410 e. The van der Waals surface area contributed by atoms with Crippen LogP contribution in [0.2, 0.25) is 0 Å². The third-order valence-corrected chi connectivity index (χ3v) is 5.27. The zero-order chi connectivity index (χ0) is 20.9. The second-order valence-electron chi connectivity index (χ2n) is 7.86. The summed E-state index contributed by atoms with van der Waals surface area (Å²) in [6.07, 6.45) is -2.33. The highest BCUT2D eigenvalue weighted by molar-refractivity contribution is 8.13. The lowest BCUT2D eigenvalue weighted by atomic mass is 10.0. The first-order valence-corrected chi connectivity index (χ1v) is 10.4. The Morgan fingerprint density at radius 3 is 2.18 bits per heavy atom. The van der Waals surface area contributed by atoms with Gasteiger partial charge < -0.3 is 24.7 Å². The highest BCUT2D eigenvalue weighted by atomic mass is 32.2. The molecule has 2 atom stereocenters. The summed E-state index contributed by atoms with van der Waals surface area (Å²) in [5.41, 5.74) is 1.10. The zero-order valence-corrected chi connectivity index (χ0v) is 17.7. The lowest BCUT2D eigenvalue weighted by molar-refractivity contribution is -0.109. The van der Waals surface area contributed by atoms with Crippen LogP contribution in [0.4, 0.5) is 10.5 Å². The topological polar surface area (TPSA) is 90.3 Å². The summed E-state index contributed by atoms with van der Waals surface area (Å²) in [5.74, 6) is 0.158. The summed E-state index contributed by atoms with van der Waals surface area (Å²) in [6.45, 7) is 9.55. The summed E-state index contributed by atoms with van der Waals surface area (Å²) in [4.78, 5) is 27.0. The maximum atomic E-state index is 12.1. The minimum absolute atomic E-state index is 0.0906. The second-order valence-corrected chi connectivity index (χ2v) is 9.06. The van der Waals surface area contributed by atoms with Crippen LogP contribution < -0.4 is 4.90 Å². The predicted octanol–water partition coefficient (Wildman–Crippen LogP) is 2.42. The quantitative estimate of drug-likeness (QED) is 0.770. The number of hydrogen-bond acceptors (Lipinski definition) is 7. The molecule has 1 amide bonds. The number of thioether (sulfide) groups is 1. The van der Waals surface area contributed by atoms with Crippen LogP contribution in [0, 0.1) is 0 Å². The molecule has 0 spiro atoms.